The number of carboxylic acid groups (broad SMARTS) is 1. The van der Waals surface area contributed by atoms with Gasteiger partial charge in [-0.1, -0.05) is 6.07 Å². The maximum Gasteiger partial charge on any atom is 0.490 e. The van der Waals surface area contributed by atoms with Crippen molar-refractivity contribution >= 4 is 23.6 Å². The Morgan fingerprint density at radius 1 is 1.32 bits per heavy atom. The summed E-state index contributed by atoms with van der Waals surface area (Å²) in [5.74, 6) is -0.00158. The summed E-state index contributed by atoms with van der Waals surface area (Å²) in [6.07, 6.45) is 1.20. The summed E-state index contributed by atoms with van der Waals surface area (Å²) in [7, 11) is 0. The van der Waals surface area contributed by atoms with Gasteiger partial charge in [-0.15, -0.1) is 11.8 Å². The van der Waals surface area contributed by atoms with Gasteiger partial charge in [-0.05, 0) is 24.8 Å². The number of aromatic nitrogens is 1. The molecule has 3 heterocycles. The summed E-state index contributed by atoms with van der Waals surface area (Å²) in [4.78, 5) is 27.2. The second-order valence-corrected chi connectivity index (χ2v) is 8.79. The molecule has 154 valence electrons. The van der Waals surface area contributed by atoms with Gasteiger partial charge in [-0.25, -0.2) is 9.78 Å². The Labute approximate surface area is 164 Å². The summed E-state index contributed by atoms with van der Waals surface area (Å²) in [5, 5.41) is 7.12. The third-order valence-corrected chi connectivity index (χ3v) is 6.39. The lowest BCUT2D eigenvalue weighted by molar-refractivity contribution is -0.192. The van der Waals surface area contributed by atoms with E-state index in [0.29, 0.717) is 17.7 Å². The van der Waals surface area contributed by atoms with E-state index in [1.807, 2.05) is 34.9 Å². The van der Waals surface area contributed by atoms with Crippen LogP contribution in [-0.2, 0) is 9.59 Å². The van der Waals surface area contributed by atoms with Crippen LogP contribution in [0.15, 0.2) is 24.4 Å². The molecule has 0 aromatic carbocycles. The number of carboxylic acids is 1. The molecule has 2 aliphatic heterocycles. The third kappa shape index (κ3) is 5.52. The number of carbonyl (C=O) groups excluding carboxylic acids is 1. The van der Waals surface area contributed by atoms with Crippen LogP contribution < -0.4 is 4.74 Å². The third-order valence-electron chi connectivity index (χ3n) is 4.81. The zero-order valence-corrected chi connectivity index (χ0v) is 15.8. The molecule has 3 fully saturated rings. The molecule has 1 aliphatic carbocycles. The number of hydrogen-bond acceptors (Lipinski definition) is 5. The first-order valence-electron chi connectivity index (χ1n) is 8.96. The molecule has 1 saturated carbocycles. The molecule has 1 amide bonds. The average Bonchev–Trinajstić information content (AvgIpc) is 3.30. The van der Waals surface area contributed by atoms with Crippen LogP contribution >= 0.6 is 11.8 Å². The number of alkyl halides is 3. The predicted molar refractivity (Wildman–Crippen MR) is 96.1 cm³/mol. The van der Waals surface area contributed by atoms with E-state index in [0.717, 1.165) is 31.7 Å². The smallest absolute Gasteiger partial charge is 0.475 e. The number of amides is 1. The largest absolute Gasteiger partial charge is 0.490 e. The van der Waals surface area contributed by atoms with Crippen molar-refractivity contribution in [2.24, 2.45) is 5.92 Å². The van der Waals surface area contributed by atoms with E-state index in [1.165, 1.54) is 12.8 Å². The molecule has 1 aromatic heterocycles. The van der Waals surface area contributed by atoms with Crippen molar-refractivity contribution in [3.05, 3.63) is 24.4 Å². The molecule has 0 radical (unpaired) electrons. The fourth-order valence-electron chi connectivity index (χ4n) is 3.21. The zero-order valence-electron chi connectivity index (χ0n) is 15.0. The molecule has 1 spiro atoms. The number of ether oxygens (including phenoxy) is 1. The van der Waals surface area contributed by atoms with Gasteiger partial charge < -0.3 is 14.7 Å². The number of thioether (sulfide) groups is 1. The first kappa shape index (κ1) is 20.8. The normalized spacial score (nSPS) is 22.8. The van der Waals surface area contributed by atoms with Crippen molar-refractivity contribution in [1.82, 2.24) is 9.88 Å². The van der Waals surface area contributed by atoms with Crippen molar-refractivity contribution in [2.75, 3.05) is 18.8 Å². The Kier molecular flexibility index (Phi) is 6.07. The number of halogens is 3. The number of carbonyl (C=O) groups is 2. The van der Waals surface area contributed by atoms with Gasteiger partial charge in [0, 0.05) is 43.9 Å². The number of rotatable bonds is 4. The van der Waals surface area contributed by atoms with Crippen molar-refractivity contribution < 1.29 is 32.6 Å². The topological polar surface area (TPSA) is 79.7 Å². The number of nitrogens with zero attached hydrogens (tertiary/aromatic N) is 2. The molecule has 2 saturated heterocycles. The van der Waals surface area contributed by atoms with E-state index < -0.39 is 12.1 Å². The molecule has 4 rings (SSSR count). The molecule has 3 aliphatic rings. The van der Waals surface area contributed by atoms with Gasteiger partial charge in [-0.2, -0.15) is 13.2 Å². The molecule has 1 N–H and O–H groups in total. The first-order valence-corrected chi connectivity index (χ1v) is 9.95. The highest BCUT2D eigenvalue weighted by molar-refractivity contribution is 8.01. The van der Waals surface area contributed by atoms with Crippen LogP contribution in [0.2, 0.25) is 0 Å². The molecule has 1 aromatic rings. The highest BCUT2D eigenvalue weighted by atomic mass is 32.2. The summed E-state index contributed by atoms with van der Waals surface area (Å²) < 4.78 is 37.9. The molecule has 1 unspecified atom stereocenters. The molecule has 0 bridgehead atoms. The van der Waals surface area contributed by atoms with Crippen molar-refractivity contribution in [1.29, 1.82) is 0 Å². The summed E-state index contributed by atoms with van der Waals surface area (Å²) >= 11 is 1.97. The SMILES string of the molecule is O=C(CC1CC1)N1CC2(CC(Oc3ccccn3)CS2)C1.O=C(O)C(F)(F)F. The van der Waals surface area contributed by atoms with E-state index in [-0.39, 0.29) is 10.9 Å². The molecule has 1 atom stereocenters. The maximum atomic E-state index is 12.1. The summed E-state index contributed by atoms with van der Waals surface area (Å²) in [5.41, 5.74) is 0. The molecular formula is C18H21F3N2O4S. The van der Waals surface area contributed by atoms with Crippen molar-refractivity contribution in [3.63, 3.8) is 0 Å². The fraction of sp³-hybridized carbons (Fsp3) is 0.611. The van der Waals surface area contributed by atoms with Gasteiger partial charge in [0.1, 0.15) is 6.10 Å². The van der Waals surface area contributed by atoms with E-state index in [4.69, 9.17) is 14.6 Å². The molecule has 6 nitrogen and oxygen atoms in total. The Hall–Kier alpha value is -1.97. The zero-order chi connectivity index (χ0) is 20.4. The standard InChI is InChI=1S/C16H20N2O2S.C2HF3O2/c19-15(7-12-4-5-12)18-10-16(11-18)8-13(9-21-16)20-14-3-1-2-6-17-14;3-2(4,5)1(6)7/h1-3,6,12-13H,4-5,7-11H2;(H,6,7). The van der Waals surface area contributed by atoms with Crippen LogP contribution in [0, 0.1) is 5.92 Å². The number of hydrogen-bond donors (Lipinski definition) is 1. The first-order chi connectivity index (χ1) is 13.2. The average molecular weight is 418 g/mol. The van der Waals surface area contributed by atoms with E-state index in [1.54, 1.807) is 6.20 Å². The van der Waals surface area contributed by atoms with Crippen LogP contribution in [0.4, 0.5) is 13.2 Å². The van der Waals surface area contributed by atoms with Crippen molar-refractivity contribution in [2.45, 2.75) is 42.7 Å². The van der Waals surface area contributed by atoms with Crippen LogP contribution in [0.25, 0.3) is 0 Å². The molecule has 28 heavy (non-hydrogen) atoms. The lowest BCUT2D eigenvalue weighted by Gasteiger charge is -2.47. The minimum atomic E-state index is -5.08. The molecule has 10 heteroatoms. The van der Waals surface area contributed by atoms with Crippen LogP contribution in [0.5, 0.6) is 5.88 Å². The van der Waals surface area contributed by atoms with Gasteiger partial charge in [0.2, 0.25) is 11.8 Å². The van der Waals surface area contributed by atoms with Gasteiger partial charge in [0.15, 0.2) is 0 Å². The number of aliphatic carboxylic acids is 1. The van der Waals surface area contributed by atoms with Crippen LogP contribution in [0.3, 0.4) is 0 Å². The van der Waals surface area contributed by atoms with Crippen molar-refractivity contribution in [3.8, 4) is 5.88 Å². The lowest BCUT2D eigenvalue weighted by Crippen LogP contribution is -2.60. The second kappa shape index (κ2) is 8.18. The van der Waals surface area contributed by atoms with E-state index >= 15 is 0 Å². The Morgan fingerprint density at radius 3 is 2.54 bits per heavy atom. The van der Waals surface area contributed by atoms with E-state index in [9.17, 15) is 18.0 Å². The highest BCUT2D eigenvalue weighted by Crippen LogP contribution is 2.46. The second-order valence-electron chi connectivity index (χ2n) is 7.31. The summed E-state index contributed by atoms with van der Waals surface area (Å²) in [6, 6.07) is 5.75. The minimum absolute atomic E-state index is 0.227. The minimum Gasteiger partial charge on any atom is -0.475 e. The quantitative estimate of drug-likeness (QED) is 0.810. The Bertz CT molecular complexity index is 707. The van der Waals surface area contributed by atoms with Gasteiger partial charge in [-0.3, -0.25) is 4.79 Å². The Morgan fingerprint density at radius 2 is 2.00 bits per heavy atom. The van der Waals surface area contributed by atoms with Gasteiger partial charge >= 0.3 is 12.1 Å². The van der Waals surface area contributed by atoms with Crippen LogP contribution in [0.1, 0.15) is 25.7 Å². The lowest BCUT2D eigenvalue weighted by atomic mass is 9.92. The fourth-order valence-corrected chi connectivity index (χ4v) is 4.73. The monoisotopic (exact) mass is 418 g/mol. The van der Waals surface area contributed by atoms with E-state index in [2.05, 4.69) is 4.98 Å². The predicted octanol–water partition coefficient (Wildman–Crippen LogP) is 2.98. The molecular weight excluding hydrogens is 397 g/mol. The summed E-state index contributed by atoms with van der Waals surface area (Å²) in [6.45, 7) is 1.82. The van der Waals surface area contributed by atoms with Gasteiger partial charge in [0.25, 0.3) is 0 Å². The highest BCUT2D eigenvalue weighted by Gasteiger charge is 2.51. The Balaban J connectivity index is 0.000000279. The number of pyridine rings is 1. The maximum absolute atomic E-state index is 12.1. The van der Waals surface area contributed by atoms with Crippen LogP contribution in [-0.4, -0.2) is 62.7 Å². The van der Waals surface area contributed by atoms with Gasteiger partial charge in [0.05, 0.1) is 4.75 Å². The number of likely N-dealkylation sites (tertiary alicyclic amines) is 1.